The van der Waals surface area contributed by atoms with Crippen LogP contribution in [0.4, 0.5) is 10.5 Å². The zero-order chi connectivity index (χ0) is 21.2. The number of carbonyl (C=O) groups excluding carboxylic acids is 4. The fourth-order valence-electron chi connectivity index (χ4n) is 3.93. The van der Waals surface area contributed by atoms with E-state index in [1.165, 1.54) is 11.9 Å². The minimum atomic E-state index is -0.853. The van der Waals surface area contributed by atoms with Crippen LogP contribution in [0.3, 0.4) is 0 Å². The minimum Gasteiger partial charge on any atom is -0.335 e. The second-order valence-corrected chi connectivity index (χ2v) is 8.08. The van der Waals surface area contributed by atoms with E-state index in [4.69, 9.17) is 0 Å². The topological polar surface area (TPSA) is 98.8 Å². The number of likely N-dealkylation sites (N-methyl/N-ethyl adjacent to an activating group) is 1. The van der Waals surface area contributed by atoms with Gasteiger partial charge in [-0.1, -0.05) is 31.4 Å². The van der Waals surface area contributed by atoms with Gasteiger partial charge in [0.1, 0.15) is 12.1 Å². The Labute approximate surface area is 170 Å². The molecule has 8 nitrogen and oxygen atoms in total. The van der Waals surface area contributed by atoms with E-state index in [9.17, 15) is 19.2 Å². The molecule has 0 unspecified atom stereocenters. The molecule has 8 heteroatoms. The number of urea groups is 1. The van der Waals surface area contributed by atoms with E-state index >= 15 is 0 Å². The van der Waals surface area contributed by atoms with E-state index < -0.39 is 17.5 Å². The van der Waals surface area contributed by atoms with Crippen LogP contribution in [-0.2, 0) is 14.4 Å². The highest BCUT2D eigenvalue weighted by molar-refractivity contribution is 6.09. The van der Waals surface area contributed by atoms with Crippen LogP contribution in [0.1, 0.15) is 43.2 Å². The zero-order valence-corrected chi connectivity index (χ0v) is 17.2. The summed E-state index contributed by atoms with van der Waals surface area (Å²) in [6.07, 6.45) is 4.02. The lowest BCUT2D eigenvalue weighted by Crippen LogP contribution is -2.49. The van der Waals surface area contributed by atoms with E-state index in [0.29, 0.717) is 18.5 Å². The van der Waals surface area contributed by atoms with Crippen LogP contribution in [0.15, 0.2) is 18.2 Å². The van der Waals surface area contributed by atoms with E-state index in [1.54, 1.807) is 0 Å². The molecule has 1 saturated heterocycles. The van der Waals surface area contributed by atoms with Crippen LogP contribution in [0.25, 0.3) is 0 Å². The van der Waals surface area contributed by atoms with E-state index in [-0.39, 0.29) is 24.9 Å². The van der Waals surface area contributed by atoms with Gasteiger partial charge in [0.05, 0.1) is 6.54 Å². The third-order valence-corrected chi connectivity index (χ3v) is 5.72. The molecule has 1 aliphatic carbocycles. The predicted octanol–water partition coefficient (Wildman–Crippen LogP) is 1.96. The highest BCUT2D eigenvalue weighted by Gasteiger charge is 2.51. The first kappa shape index (κ1) is 20.8. The summed E-state index contributed by atoms with van der Waals surface area (Å²) in [6.45, 7) is 3.30. The lowest BCUT2D eigenvalue weighted by molar-refractivity contribution is -0.139. The smallest absolute Gasteiger partial charge is 0.325 e. The van der Waals surface area contributed by atoms with Crippen LogP contribution in [0, 0.1) is 13.8 Å². The Bertz CT molecular complexity index is 845. The summed E-state index contributed by atoms with van der Waals surface area (Å²) in [4.78, 5) is 52.2. The Morgan fingerprint density at radius 3 is 2.55 bits per heavy atom. The molecule has 156 valence electrons. The van der Waals surface area contributed by atoms with E-state index in [2.05, 4.69) is 10.6 Å². The molecule has 5 amide bonds. The maximum atomic E-state index is 12.8. The van der Waals surface area contributed by atoms with Gasteiger partial charge in [-0.2, -0.15) is 0 Å². The molecule has 29 heavy (non-hydrogen) atoms. The summed E-state index contributed by atoms with van der Waals surface area (Å²) in [5.41, 5.74) is 1.79. The van der Waals surface area contributed by atoms with Gasteiger partial charge < -0.3 is 15.5 Å². The summed E-state index contributed by atoms with van der Waals surface area (Å²) in [5.74, 6) is -1.13. The highest BCUT2D eigenvalue weighted by Crippen LogP contribution is 2.33. The molecule has 0 bridgehead atoms. The van der Waals surface area contributed by atoms with Crippen molar-refractivity contribution < 1.29 is 19.2 Å². The summed E-state index contributed by atoms with van der Waals surface area (Å²) >= 11 is 0. The SMILES string of the molecule is Cc1ccc(C)c(NC(=O)CN(C)C(=O)CN2C(=O)NC3(CCCCC3)C2=O)c1. The zero-order valence-electron chi connectivity index (χ0n) is 17.2. The number of carbonyl (C=O) groups is 4. The van der Waals surface area contributed by atoms with Gasteiger partial charge in [-0.3, -0.25) is 19.3 Å². The number of hydrogen-bond acceptors (Lipinski definition) is 4. The molecular formula is C21H28N4O4. The van der Waals surface area contributed by atoms with Gasteiger partial charge in [0, 0.05) is 12.7 Å². The Balaban J connectivity index is 1.57. The number of benzene rings is 1. The van der Waals surface area contributed by atoms with Crippen LogP contribution in [-0.4, -0.2) is 59.2 Å². The quantitative estimate of drug-likeness (QED) is 0.738. The molecule has 1 spiro atoms. The number of aryl methyl sites for hydroxylation is 2. The summed E-state index contributed by atoms with van der Waals surface area (Å²) in [7, 11) is 1.49. The number of nitrogens with zero attached hydrogens (tertiary/aromatic N) is 2. The summed E-state index contributed by atoms with van der Waals surface area (Å²) < 4.78 is 0. The minimum absolute atomic E-state index is 0.166. The molecule has 0 radical (unpaired) electrons. The van der Waals surface area contributed by atoms with E-state index in [1.807, 2.05) is 32.0 Å². The normalized spacial score (nSPS) is 18.0. The first-order valence-electron chi connectivity index (χ1n) is 9.97. The molecule has 1 aromatic carbocycles. The molecule has 3 rings (SSSR count). The number of hydrogen-bond donors (Lipinski definition) is 2. The number of nitrogens with one attached hydrogen (secondary N) is 2. The lowest BCUT2D eigenvalue weighted by atomic mass is 9.82. The molecule has 2 N–H and O–H groups in total. The van der Waals surface area contributed by atoms with Gasteiger partial charge in [-0.05, 0) is 43.9 Å². The second-order valence-electron chi connectivity index (χ2n) is 8.08. The van der Waals surface area contributed by atoms with E-state index in [0.717, 1.165) is 35.3 Å². The second kappa shape index (κ2) is 8.23. The van der Waals surface area contributed by atoms with Crippen LogP contribution >= 0.6 is 0 Å². The average molecular weight is 400 g/mol. The Morgan fingerprint density at radius 1 is 1.17 bits per heavy atom. The van der Waals surface area contributed by atoms with Crippen molar-refractivity contribution in [2.45, 2.75) is 51.5 Å². The van der Waals surface area contributed by atoms with Crippen molar-refractivity contribution in [2.24, 2.45) is 0 Å². The van der Waals surface area contributed by atoms with Crippen molar-refractivity contribution in [3.63, 3.8) is 0 Å². The fourth-order valence-corrected chi connectivity index (χ4v) is 3.93. The lowest BCUT2D eigenvalue weighted by Gasteiger charge is -2.30. The third-order valence-electron chi connectivity index (χ3n) is 5.72. The Morgan fingerprint density at radius 2 is 1.86 bits per heavy atom. The van der Waals surface area contributed by atoms with Crippen LogP contribution < -0.4 is 10.6 Å². The van der Waals surface area contributed by atoms with Crippen molar-refractivity contribution in [3.05, 3.63) is 29.3 Å². The maximum Gasteiger partial charge on any atom is 0.325 e. The largest absolute Gasteiger partial charge is 0.335 e. The van der Waals surface area contributed by atoms with Crippen LogP contribution in [0.2, 0.25) is 0 Å². The van der Waals surface area contributed by atoms with Gasteiger partial charge in [-0.25, -0.2) is 4.79 Å². The highest BCUT2D eigenvalue weighted by atomic mass is 16.2. The van der Waals surface area contributed by atoms with Gasteiger partial charge in [0.25, 0.3) is 5.91 Å². The van der Waals surface area contributed by atoms with Crippen molar-refractivity contribution in [1.29, 1.82) is 0 Å². The van der Waals surface area contributed by atoms with Crippen molar-refractivity contribution in [2.75, 3.05) is 25.5 Å². The molecule has 0 aromatic heterocycles. The van der Waals surface area contributed by atoms with Crippen molar-refractivity contribution >= 4 is 29.4 Å². The molecule has 1 saturated carbocycles. The molecule has 2 aliphatic rings. The maximum absolute atomic E-state index is 12.8. The van der Waals surface area contributed by atoms with Gasteiger partial charge in [-0.15, -0.1) is 0 Å². The van der Waals surface area contributed by atoms with Crippen molar-refractivity contribution in [1.82, 2.24) is 15.1 Å². The Kier molecular flexibility index (Phi) is 5.91. The molecule has 0 atom stereocenters. The standard InChI is InChI=1S/C21H28N4O4/c1-14-7-8-15(2)16(11-14)22-17(26)12-24(3)18(27)13-25-19(28)21(23-20(25)29)9-5-4-6-10-21/h7-8,11H,4-6,9-10,12-13H2,1-3H3,(H,22,26)(H,23,29). The fraction of sp³-hybridized carbons (Fsp3) is 0.524. The summed E-state index contributed by atoms with van der Waals surface area (Å²) in [6, 6.07) is 5.21. The van der Waals surface area contributed by atoms with Gasteiger partial charge >= 0.3 is 6.03 Å². The van der Waals surface area contributed by atoms with Crippen LogP contribution in [0.5, 0.6) is 0 Å². The first-order valence-corrected chi connectivity index (χ1v) is 9.97. The van der Waals surface area contributed by atoms with Gasteiger partial charge in [0.15, 0.2) is 0 Å². The average Bonchev–Trinajstić information content (AvgIpc) is 2.89. The monoisotopic (exact) mass is 400 g/mol. The molecular weight excluding hydrogens is 372 g/mol. The predicted molar refractivity (Wildman–Crippen MR) is 108 cm³/mol. The third kappa shape index (κ3) is 4.41. The molecule has 1 aromatic rings. The Hall–Kier alpha value is -2.90. The number of rotatable bonds is 5. The molecule has 1 heterocycles. The molecule has 1 aliphatic heterocycles. The van der Waals surface area contributed by atoms with Gasteiger partial charge in [0.2, 0.25) is 11.8 Å². The van der Waals surface area contributed by atoms with Crippen molar-refractivity contribution in [3.8, 4) is 0 Å². The first-order chi connectivity index (χ1) is 13.7. The molecule has 2 fully saturated rings. The summed E-state index contributed by atoms with van der Waals surface area (Å²) in [5, 5.41) is 5.59. The number of imide groups is 1. The number of anilines is 1. The number of amides is 5.